The van der Waals surface area contributed by atoms with Gasteiger partial charge in [-0.25, -0.2) is 8.42 Å². The molecule has 7 heteroatoms. The van der Waals surface area contributed by atoms with E-state index in [9.17, 15) is 13.5 Å². The Morgan fingerprint density at radius 2 is 2.30 bits per heavy atom. The second-order valence-electron chi connectivity index (χ2n) is 5.10. The molecule has 0 spiro atoms. The van der Waals surface area contributed by atoms with Gasteiger partial charge in [-0.05, 0) is 25.3 Å². The minimum absolute atomic E-state index is 0.0576. The molecule has 1 aliphatic heterocycles. The molecule has 1 saturated heterocycles. The molecule has 0 amide bonds. The molecule has 0 aliphatic carbocycles. The summed E-state index contributed by atoms with van der Waals surface area (Å²) in [6.45, 7) is 5.09. The third-order valence-corrected chi connectivity index (χ3v) is 5.48. The lowest BCUT2D eigenvalue weighted by molar-refractivity contribution is 0.0629. The summed E-state index contributed by atoms with van der Waals surface area (Å²) < 4.78 is 26.8. The number of nitrogens with one attached hydrogen (secondary N) is 1. The minimum Gasteiger partial charge on any atom is -0.393 e. The molecule has 0 bridgehead atoms. The number of hydrogen-bond donors (Lipinski definition) is 2. The highest BCUT2D eigenvalue weighted by atomic mass is 32.2. The van der Waals surface area contributed by atoms with Crippen molar-refractivity contribution in [1.82, 2.24) is 9.29 Å². The third-order valence-electron chi connectivity index (χ3n) is 3.59. The van der Waals surface area contributed by atoms with Gasteiger partial charge in [-0.15, -0.1) is 0 Å². The standard InChI is InChI=1S/C13H21N3O3S/c1-3-15-11-4-6-14-8-13(11)20(18,19)16-7-5-12(17)10(2)9-16/h4,6,8,10,12,17H,3,5,7,9H2,1-2H3,(H,14,15). The maximum Gasteiger partial charge on any atom is 0.246 e. The molecule has 1 aromatic rings. The van der Waals surface area contributed by atoms with Crippen LogP contribution in [0.1, 0.15) is 20.3 Å². The number of pyridine rings is 1. The Balaban J connectivity index is 2.31. The lowest BCUT2D eigenvalue weighted by Gasteiger charge is -2.33. The van der Waals surface area contributed by atoms with Gasteiger partial charge in [0.1, 0.15) is 4.90 Å². The summed E-state index contributed by atoms with van der Waals surface area (Å²) in [4.78, 5) is 4.13. The van der Waals surface area contributed by atoms with E-state index in [0.717, 1.165) is 0 Å². The quantitative estimate of drug-likeness (QED) is 0.863. The van der Waals surface area contributed by atoms with Crippen LogP contribution < -0.4 is 5.32 Å². The molecule has 1 fully saturated rings. The fourth-order valence-corrected chi connectivity index (χ4v) is 4.04. The van der Waals surface area contributed by atoms with Crippen LogP contribution in [0.3, 0.4) is 0 Å². The molecule has 2 N–H and O–H groups in total. The van der Waals surface area contributed by atoms with Crippen LogP contribution in [-0.4, -0.2) is 48.6 Å². The van der Waals surface area contributed by atoms with E-state index in [-0.39, 0.29) is 10.8 Å². The number of sulfonamides is 1. The van der Waals surface area contributed by atoms with Crippen molar-refractivity contribution < 1.29 is 13.5 Å². The summed E-state index contributed by atoms with van der Waals surface area (Å²) in [5, 5.41) is 12.8. The highest BCUT2D eigenvalue weighted by Crippen LogP contribution is 2.27. The average molecular weight is 299 g/mol. The summed E-state index contributed by atoms with van der Waals surface area (Å²) in [6, 6.07) is 1.67. The zero-order valence-electron chi connectivity index (χ0n) is 11.8. The van der Waals surface area contributed by atoms with Crippen LogP contribution >= 0.6 is 0 Å². The van der Waals surface area contributed by atoms with Crippen LogP contribution in [0.15, 0.2) is 23.4 Å². The number of hydrogen-bond acceptors (Lipinski definition) is 5. The molecule has 2 rings (SSSR count). The van der Waals surface area contributed by atoms with Crippen molar-refractivity contribution in [2.24, 2.45) is 5.92 Å². The summed E-state index contributed by atoms with van der Waals surface area (Å²) in [7, 11) is -3.57. The zero-order chi connectivity index (χ0) is 14.8. The topological polar surface area (TPSA) is 82.5 Å². The predicted molar refractivity (Wildman–Crippen MR) is 76.9 cm³/mol. The molecule has 20 heavy (non-hydrogen) atoms. The number of anilines is 1. The van der Waals surface area contributed by atoms with E-state index in [1.54, 1.807) is 12.3 Å². The number of piperidine rings is 1. The minimum atomic E-state index is -3.57. The lowest BCUT2D eigenvalue weighted by Crippen LogP contribution is -2.45. The van der Waals surface area contributed by atoms with Gasteiger partial charge >= 0.3 is 0 Å². The third kappa shape index (κ3) is 2.94. The Morgan fingerprint density at radius 1 is 1.55 bits per heavy atom. The van der Waals surface area contributed by atoms with E-state index in [0.29, 0.717) is 31.7 Å². The molecule has 2 heterocycles. The predicted octanol–water partition coefficient (Wildman–Crippen LogP) is 0.905. The first kappa shape index (κ1) is 15.2. The van der Waals surface area contributed by atoms with Crippen molar-refractivity contribution in [2.45, 2.75) is 31.3 Å². The molecule has 6 nitrogen and oxygen atoms in total. The second kappa shape index (κ2) is 6.07. The lowest BCUT2D eigenvalue weighted by atomic mass is 9.99. The highest BCUT2D eigenvalue weighted by Gasteiger charge is 2.33. The Bertz CT molecular complexity index is 562. The molecular weight excluding hydrogens is 278 g/mol. The number of aliphatic hydroxyl groups excluding tert-OH is 1. The van der Waals surface area contributed by atoms with Gasteiger partial charge in [0.15, 0.2) is 0 Å². The second-order valence-corrected chi connectivity index (χ2v) is 7.00. The van der Waals surface area contributed by atoms with Crippen LogP contribution in [0.25, 0.3) is 0 Å². The van der Waals surface area contributed by atoms with Gasteiger partial charge < -0.3 is 10.4 Å². The molecule has 1 aliphatic rings. The van der Waals surface area contributed by atoms with Crippen LogP contribution in [0.5, 0.6) is 0 Å². The van der Waals surface area contributed by atoms with E-state index in [4.69, 9.17) is 0 Å². The molecule has 0 aromatic carbocycles. The highest BCUT2D eigenvalue weighted by molar-refractivity contribution is 7.89. The number of aromatic nitrogens is 1. The first-order valence-corrected chi connectivity index (χ1v) is 8.27. The van der Waals surface area contributed by atoms with Gasteiger partial charge in [0.25, 0.3) is 0 Å². The first-order valence-electron chi connectivity index (χ1n) is 6.83. The fraction of sp³-hybridized carbons (Fsp3) is 0.615. The molecular formula is C13H21N3O3S. The molecule has 112 valence electrons. The summed E-state index contributed by atoms with van der Waals surface area (Å²) in [5.74, 6) is -0.0576. The van der Waals surface area contributed by atoms with Gasteiger partial charge in [-0.2, -0.15) is 4.31 Å². The number of rotatable bonds is 4. The van der Waals surface area contributed by atoms with Crippen LogP contribution in [-0.2, 0) is 10.0 Å². The Morgan fingerprint density at radius 3 is 2.95 bits per heavy atom. The van der Waals surface area contributed by atoms with Crippen LogP contribution in [0.4, 0.5) is 5.69 Å². The summed E-state index contributed by atoms with van der Waals surface area (Å²) in [6.07, 6.45) is 2.99. The molecule has 1 aromatic heterocycles. The van der Waals surface area contributed by atoms with E-state index >= 15 is 0 Å². The van der Waals surface area contributed by atoms with Gasteiger partial charge in [-0.3, -0.25) is 4.98 Å². The van der Waals surface area contributed by atoms with Gasteiger partial charge in [-0.1, -0.05) is 6.92 Å². The van der Waals surface area contributed by atoms with Crippen LogP contribution in [0, 0.1) is 5.92 Å². The first-order chi connectivity index (χ1) is 9.46. The van der Waals surface area contributed by atoms with Crippen molar-refractivity contribution in [3.05, 3.63) is 18.5 Å². The van der Waals surface area contributed by atoms with E-state index in [1.807, 2.05) is 13.8 Å². The van der Waals surface area contributed by atoms with Crippen molar-refractivity contribution in [2.75, 3.05) is 25.0 Å². The maximum atomic E-state index is 12.7. The van der Waals surface area contributed by atoms with E-state index < -0.39 is 16.1 Å². The van der Waals surface area contributed by atoms with Crippen LogP contribution in [0.2, 0.25) is 0 Å². The maximum absolute atomic E-state index is 12.7. The molecule has 2 unspecified atom stereocenters. The Hall–Kier alpha value is -1.18. The zero-order valence-corrected chi connectivity index (χ0v) is 12.6. The normalized spacial score (nSPS) is 24.6. The number of nitrogens with zero attached hydrogens (tertiary/aromatic N) is 2. The molecule has 2 atom stereocenters. The van der Waals surface area contributed by atoms with Crippen molar-refractivity contribution in [3.8, 4) is 0 Å². The fourth-order valence-electron chi connectivity index (χ4n) is 2.37. The smallest absolute Gasteiger partial charge is 0.246 e. The van der Waals surface area contributed by atoms with Gasteiger partial charge in [0.2, 0.25) is 10.0 Å². The Labute approximate surface area is 119 Å². The number of aliphatic hydroxyl groups is 1. The van der Waals surface area contributed by atoms with Gasteiger partial charge in [0, 0.05) is 32.0 Å². The molecule has 0 saturated carbocycles. The Kier molecular flexibility index (Phi) is 4.62. The van der Waals surface area contributed by atoms with Crippen molar-refractivity contribution in [3.63, 3.8) is 0 Å². The monoisotopic (exact) mass is 299 g/mol. The van der Waals surface area contributed by atoms with E-state index in [2.05, 4.69) is 10.3 Å². The average Bonchev–Trinajstić information content (AvgIpc) is 2.42. The van der Waals surface area contributed by atoms with E-state index in [1.165, 1.54) is 10.5 Å². The summed E-state index contributed by atoms with van der Waals surface area (Å²) in [5.41, 5.74) is 0.571. The molecule has 0 radical (unpaired) electrons. The largest absolute Gasteiger partial charge is 0.393 e. The SMILES string of the molecule is CCNc1ccncc1S(=O)(=O)N1CCC(O)C(C)C1. The van der Waals surface area contributed by atoms with Crippen molar-refractivity contribution in [1.29, 1.82) is 0 Å². The summed E-state index contributed by atoms with van der Waals surface area (Å²) >= 11 is 0. The van der Waals surface area contributed by atoms with Gasteiger partial charge in [0.05, 0.1) is 11.8 Å². The van der Waals surface area contributed by atoms with Crippen molar-refractivity contribution >= 4 is 15.7 Å².